The maximum Gasteiger partial charge on any atom is 0.305 e. The molecule has 0 heterocycles. The van der Waals surface area contributed by atoms with Gasteiger partial charge in [-0.2, -0.15) is 0 Å². The Morgan fingerprint density at radius 1 is 1.05 bits per heavy atom. The first-order valence-corrected chi connectivity index (χ1v) is 8.18. The van der Waals surface area contributed by atoms with Crippen LogP contribution in [0.25, 0.3) is 0 Å². The zero-order valence-electron chi connectivity index (χ0n) is 13.1. The van der Waals surface area contributed by atoms with Gasteiger partial charge < -0.3 is 4.74 Å². The number of carbonyl (C=O) groups is 2. The lowest BCUT2D eigenvalue weighted by Crippen LogP contribution is -2.20. The van der Waals surface area contributed by atoms with Gasteiger partial charge in [0.25, 0.3) is 0 Å². The van der Waals surface area contributed by atoms with Crippen LogP contribution in [0.4, 0.5) is 5.69 Å². The summed E-state index contributed by atoms with van der Waals surface area (Å²) < 4.78 is 6.24. The predicted molar refractivity (Wildman–Crippen MR) is 88.7 cm³/mol. The summed E-state index contributed by atoms with van der Waals surface area (Å²) in [6.45, 7) is 2.60. The summed E-state index contributed by atoms with van der Waals surface area (Å²) >= 11 is 5.99. The van der Waals surface area contributed by atoms with E-state index in [1.165, 1.54) is 0 Å². The second-order valence-electron chi connectivity index (χ2n) is 5.14. The topological polar surface area (TPSA) is 46.6 Å². The molecule has 0 aliphatic rings. The highest BCUT2D eigenvalue weighted by atomic mass is 35.5. The monoisotopic (exact) mass is 325 g/mol. The molecule has 22 heavy (non-hydrogen) atoms. The minimum Gasteiger partial charge on any atom is -0.466 e. The molecule has 4 nitrogen and oxygen atoms in total. The molecule has 0 saturated heterocycles. The third-order valence-corrected chi connectivity index (χ3v) is 3.62. The quantitative estimate of drug-likeness (QED) is 0.362. The van der Waals surface area contributed by atoms with Crippen LogP contribution in [0.2, 0.25) is 0 Å². The number of carbonyl (C=O) groups excluding carboxylic acids is 2. The largest absolute Gasteiger partial charge is 0.466 e. The molecule has 0 atom stereocenters. The van der Waals surface area contributed by atoms with E-state index in [0.29, 0.717) is 38.0 Å². The van der Waals surface area contributed by atoms with Crippen LogP contribution in [0.3, 0.4) is 0 Å². The Bertz CT molecular complexity index is 450. The summed E-state index contributed by atoms with van der Waals surface area (Å²) in [5.41, 5.74) is 0.657. The van der Waals surface area contributed by atoms with Gasteiger partial charge in [-0.25, -0.2) is 4.42 Å². The smallest absolute Gasteiger partial charge is 0.305 e. The average Bonchev–Trinajstić information content (AvgIpc) is 2.55. The van der Waals surface area contributed by atoms with Gasteiger partial charge in [0, 0.05) is 24.6 Å². The van der Waals surface area contributed by atoms with E-state index in [1.54, 1.807) is 12.1 Å². The third-order valence-electron chi connectivity index (χ3n) is 3.23. The Morgan fingerprint density at radius 2 is 1.73 bits per heavy atom. The van der Waals surface area contributed by atoms with Crippen LogP contribution in [-0.2, 0) is 14.3 Å². The molecule has 5 heteroatoms. The van der Waals surface area contributed by atoms with E-state index in [4.69, 9.17) is 16.5 Å². The molecule has 0 aliphatic heterocycles. The van der Waals surface area contributed by atoms with Crippen molar-refractivity contribution in [2.24, 2.45) is 0 Å². The number of amides is 1. The first-order chi connectivity index (χ1) is 10.6. The van der Waals surface area contributed by atoms with Crippen LogP contribution in [-0.4, -0.2) is 18.5 Å². The van der Waals surface area contributed by atoms with E-state index in [9.17, 15) is 9.59 Å². The Morgan fingerprint density at radius 3 is 2.41 bits per heavy atom. The summed E-state index contributed by atoms with van der Waals surface area (Å²) in [5, 5.41) is 0. The van der Waals surface area contributed by atoms with Gasteiger partial charge in [0.1, 0.15) is 0 Å². The Labute approximate surface area is 137 Å². The molecule has 0 bridgehead atoms. The lowest BCUT2D eigenvalue weighted by Gasteiger charge is -2.13. The normalized spacial score (nSPS) is 10.3. The van der Waals surface area contributed by atoms with Crippen molar-refractivity contribution < 1.29 is 14.3 Å². The Kier molecular flexibility index (Phi) is 9.31. The zero-order valence-corrected chi connectivity index (χ0v) is 13.8. The molecule has 1 amide bonds. The number of nitrogens with zero attached hydrogens (tertiary/aromatic N) is 1. The highest BCUT2D eigenvalue weighted by Gasteiger charge is 2.13. The highest BCUT2D eigenvalue weighted by Crippen LogP contribution is 2.17. The van der Waals surface area contributed by atoms with Gasteiger partial charge in [-0.15, -0.1) is 0 Å². The van der Waals surface area contributed by atoms with E-state index in [-0.39, 0.29) is 11.9 Å². The SMILES string of the molecule is CCCCCOC(=O)CCCCC(=O)N(Cl)c1ccccc1. The van der Waals surface area contributed by atoms with E-state index < -0.39 is 0 Å². The molecule has 0 aliphatic carbocycles. The van der Waals surface area contributed by atoms with E-state index >= 15 is 0 Å². The molecule has 1 aromatic carbocycles. The molecule has 0 N–H and O–H groups in total. The average molecular weight is 326 g/mol. The summed E-state index contributed by atoms with van der Waals surface area (Å²) in [6.07, 6.45) is 5.03. The molecule has 1 rings (SSSR count). The maximum absolute atomic E-state index is 11.9. The summed E-state index contributed by atoms with van der Waals surface area (Å²) in [4.78, 5) is 23.4. The van der Waals surface area contributed by atoms with Crippen LogP contribution >= 0.6 is 11.8 Å². The Hall–Kier alpha value is -1.55. The fourth-order valence-electron chi connectivity index (χ4n) is 1.96. The number of benzene rings is 1. The zero-order chi connectivity index (χ0) is 16.2. The number of hydrogen-bond donors (Lipinski definition) is 0. The fourth-order valence-corrected chi connectivity index (χ4v) is 2.15. The van der Waals surface area contributed by atoms with Gasteiger partial charge in [0.05, 0.1) is 12.3 Å². The molecular formula is C17H24ClNO3. The van der Waals surface area contributed by atoms with E-state index in [1.807, 2.05) is 18.2 Å². The minimum atomic E-state index is -0.186. The standard InChI is InChI=1S/C17H24ClNO3/c1-2-3-9-14-22-17(21)13-8-7-12-16(20)19(18)15-10-5-4-6-11-15/h4-6,10-11H,2-3,7-9,12-14H2,1H3. The second-order valence-corrected chi connectivity index (χ2v) is 5.48. The van der Waals surface area contributed by atoms with Crippen LogP contribution in [0.5, 0.6) is 0 Å². The first kappa shape index (κ1) is 18.5. The molecule has 0 radical (unpaired) electrons. The third kappa shape index (κ3) is 7.46. The van der Waals surface area contributed by atoms with Gasteiger partial charge in [0.2, 0.25) is 5.91 Å². The first-order valence-electron chi connectivity index (χ1n) is 7.84. The predicted octanol–water partition coefficient (Wildman–Crippen LogP) is 4.47. The summed E-state index contributed by atoms with van der Waals surface area (Å²) in [6, 6.07) is 9.07. The van der Waals surface area contributed by atoms with Crippen molar-refractivity contribution in [3.05, 3.63) is 30.3 Å². The number of anilines is 1. The van der Waals surface area contributed by atoms with Gasteiger partial charge in [-0.3, -0.25) is 9.59 Å². The number of halogens is 1. The molecule has 0 saturated carbocycles. The lowest BCUT2D eigenvalue weighted by atomic mass is 10.2. The van der Waals surface area contributed by atoms with Crippen molar-refractivity contribution in [2.75, 3.05) is 11.0 Å². The summed E-state index contributed by atoms with van der Waals surface area (Å²) in [5.74, 6) is -0.349. The molecular weight excluding hydrogens is 302 g/mol. The van der Waals surface area contributed by atoms with E-state index in [0.717, 1.165) is 23.7 Å². The second kappa shape index (κ2) is 11.1. The van der Waals surface area contributed by atoms with Crippen LogP contribution in [0.1, 0.15) is 51.9 Å². The maximum atomic E-state index is 11.9. The van der Waals surface area contributed by atoms with Crippen molar-refractivity contribution in [1.29, 1.82) is 0 Å². The van der Waals surface area contributed by atoms with Gasteiger partial charge in [0.15, 0.2) is 0 Å². The van der Waals surface area contributed by atoms with E-state index in [2.05, 4.69) is 6.92 Å². The minimum absolute atomic E-state index is 0.163. The fraction of sp³-hybridized carbons (Fsp3) is 0.529. The van der Waals surface area contributed by atoms with Crippen molar-refractivity contribution in [1.82, 2.24) is 0 Å². The number of hydrogen-bond acceptors (Lipinski definition) is 3. The highest BCUT2D eigenvalue weighted by molar-refractivity contribution is 6.36. The molecule has 1 aromatic rings. The van der Waals surface area contributed by atoms with Crippen LogP contribution in [0, 0.1) is 0 Å². The van der Waals surface area contributed by atoms with Gasteiger partial charge >= 0.3 is 5.97 Å². The van der Waals surface area contributed by atoms with Gasteiger partial charge in [-0.05, 0) is 31.4 Å². The molecule has 122 valence electrons. The molecule has 0 spiro atoms. The van der Waals surface area contributed by atoms with Crippen molar-refractivity contribution in [3.8, 4) is 0 Å². The molecule has 0 fully saturated rings. The van der Waals surface area contributed by atoms with Gasteiger partial charge in [-0.1, -0.05) is 38.0 Å². The van der Waals surface area contributed by atoms with Crippen LogP contribution < -0.4 is 4.42 Å². The van der Waals surface area contributed by atoms with Crippen LogP contribution in [0.15, 0.2) is 30.3 Å². The Balaban J connectivity index is 2.13. The lowest BCUT2D eigenvalue weighted by molar-refractivity contribution is -0.144. The number of para-hydroxylation sites is 1. The number of rotatable bonds is 10. The molecule has 0 aromatic heterocycles. The number of unbranched alkanes of at least 4 members (excludes halogenated alkanes) is 3. The van der Waals surface area contributed by atoms with Crippen molar-refractivity contribution in [2.45, 2.75) is 51.9 Å². The number of esters is 1. The van der Waals surface area contributed by atoms with Crippen molar-refractivity contribution in [3.63, 3.8) is 0 Å². The molecule has 0 unspecified atom stereocenters. The summed E-state index contributed by atoms with van der Waals surface area (Å²) in [7, 11) is 0. The number of ether oxygens (including phenoxy) is 1. The van der Waals surface area contributed by atoms with Crippen molar-refractivity contribution >= 4 is 29.3 Å².